The molecule has 15 heavy (non-hydrogen) atoms. The van der Waals surface area contributed by atoms with Crippen LogP contribution in [0.25, 0.3) is 10.9 Å². The number of aromatic nitrogens is 3. The van der Waals surface area contributed by atoms with Crippen LogP contribution in [0.15, 0.2) is 17.3 Å². The average Bonchev–Trinajstić information content (AvgIpc) is 2.23. The second-order valence-corrected chi connectivity index (χ2v) is 3.65. The Bertz CT molecular complexity index is 577. The van der Waals surface area contributed by atoms with Crippen molar-refractivity contribution in [3.63, 3.8) is 0 Å². The molecule has 78 valence electrons. The Hall–Kier alpha value is -1.42. The number of pyridine rings is 1. The maximum Gasteiger partial charge on any atom is 0.261 e. The summed E-state index contributed by atoms with van der Waals surface area (Å²) >= 11 is 5.87. The molecule has 0 unspecified atom stereocenters. The second-order valence-electron chi connectivity index (χ2n) is 3.29. The highest BCUT2D eigenvalue weighted by Gasteiger charge is 2.09. The molecule has 0 aliphatic carbocycles. The first-order valence-electron chi connectivity index (χ1n) is 4.65. The van der Waals surface area contributed by atoms with Crippen LogP contribution in [-0.2, 0) is 6.54 Å². The van der Waals surface area contributed by atoms with Gasteiger partial charge in [0.25, 0.3) is 5.56 Å². The third-order valence-corrected chi connectivity index (χ3v) is 2.62. The molecular formula is C10H10ClN3O. The van der Waals surface area contributed by atoms with Crippen molar-refractivity contribution in [2.75, 3.05) is 0 Å². The first kappa shape index (κ1) is 10.1. The molecule has 0 aromatic carbocycles. The minimum absolute atomic E-state index is 0.0655. The first-order chi connectivity index (χ1) is 7.15. The van der Waals surface area contributed by atoms with E-state index in [0.717, 1.165) is 5.56 Å². The fourth-order valence-corrected chi connectivity index (χ4v) is 1.70. The van der Waals surface area contributed by atoms with Crippen molar-refractivity contribution in [2.45, 2.75) is 20.4 Å². The van der Waals surface area contributed by atoms with Gasteiger partial charge in [0.1, 0.15) is 5.52 Å². The molecule has 0 fully saturated rings. The van der Waals surface area contributed by atoms with E-state index in [4.69, 9.17) is 11.6 Å². The van der Waals surface area contributed by atoms with E-state index in [1.54, 1.807) is 10.8 Å². The van der Waals surface area contributed by atoms with E-state index in [1.165, 1.54) is 6.33 Å². The molecular weight excluding hydrogens is 214 g/mol. The summed E-state index contributed by atoms with van der Waals surface area (Å²) in [6, 6.07) is 0. The van der Waals surface area contributed by atoms with Gasteiger partial charge in [-0.15, -0.1) is 0 Å². The summed E-state index contributed by atoms with van der Waals surface area (Å²) in [4.78, 5) is 20.1. The van der Waals surface area contributed by atoms with Crippen LogP contribution in [0, 0.1) is 6.92 Å². The summed E-state index contributed by atoms with van der Waals surface area (Å²) in [5.74, 6) is 0. The van der Waals surface area contributed by atoms with Crippen LogP contribution in [0.5, 0.6) is 0 Å². The van der Waals surface area contributed by atoms with Gasteiger partial charge in [-0.1, -0.05) is 11.6 Å². The summed E-state index contributed by atoms with van der Waals surface area (Å²) in [7, 11) is 0. The summed E-state index contributed by atoms with van der Waals surface area (Å²) in [6.07, 6.45) is 3.09. The van der Waals surface area contributed by atoms with E-state index in [2.05, 4.69) is 9.97 Å². The van der Waals surface area contributed by atoms with Crippen molar-refractivity contribution in [1.29, 1.82) is 0 Å². The lowest BCUT2D eigenvalue weighted by Crippen LogP contribution is -2.20. The van der Waals surface area contributed by atoms with Crippen molar-refractivity contribution in [3.8, 4) is 0 Å². The van der Waals surface area contributed by atoms with Gasteiger partial charge in [-0.2, -0.15) is 0 Å². The molecule has 0 amide bonds. The molecule has 2 aromatic heterocycles. The van der Waals surface area contributed by atoms with Gasteiger partial charge >= 0.3 is 0 Å². The lowest BCUT2D eigenvalue weighted by atomic mass is 10.2. The van der Waals surface area contributed by atoms with E-state index in [-0.39, 0.29) is 10.7 Å². The lowest BCUT2D eigenvalue weighted by Gasteiger charge is -2.05. The number of aryl methyl sites for hydroxylation is 2. The van der Waals surface area contributed by atoms with Gasteiger partial charge in [-0.3, -0.25) is 9.36 Å². The minimum atomic E-state index is -0.0655. The molecule has 0 atom stereocenters. The highest BCUT2D eigenvalue weighted by atomic mass is 35.5. The average molecular weight is 224 g/mol. The van der Waals surface area contributed by atoms with E-state index < -0.39 is 0 Å². The molecule has 5 heteroatoms. The van der Waals surface area contributed by atoms with Gasteiger partial charge in [0.2, 0.25) is 0 Å². The SMILES string of the molecule is CCn1cnc2c(Cl)ncc(C)c2c1=O. The Balaban J connectivity index is 2.99. The van der Waals surface area contributed by atoms with Gasteiger partial charge in [-0.25, -0.2) is 9.97 Å². The zero-order chi connectivity index (χ0) is 11.0. The summed E-state index contributed by atoms with van der Waals surface area (Å²) < 4.78 is 1.55. The molecule has 2 rings (SSSR count). The maximum atomic E-state index is 12.0. The molecule has 4 nitrogen and oxygen atoms in total. The van der Waals surface area contributed by atoms with Crippen molar-refractivity contribution in [3.05, 3.63) is 33.6 Å². The number of hydrogen-bond acceptors (Lipinski definition) is 3. The molecule has 0 aliphatic heterocycles. The molecule has 0 saturated heterocycles. The quantitative estimate of drug-likeness (QED) is 0.693. The Morgan fingerprint density at radius 1 is 1.47 bits per heavy atom. The van der Waals surface area contributed by atoms with Gasteiger partial charge in [0.15, 0.2) is 5.15 Å². The van der Waals surface area contributed by atoms with Crippen LogP contribution in [0.2, 0.25) is 5.15 Å². The smallest absolute Gasteiger partial charge is 0.261 e. The third kappa shape index (κ3) is 1.51. The minimum Gasteiger partial charge on any atom is -0.299 e. The molecule has 0 saturated carbocycles. The van der Waals surface area contributed by atoms with E-state index in [1.807, 2.05) is 13.8 Å². The molecule has 0 N–H and O–H groups in total. The Morgan fingerprint density at radius 3 is 2.87 bits per heavy atom. The normalized spacial score (nSPS) is 10.9. The Kier molecular flexibility index (Phi) is 2.44. The topological polar surface area (TPSA) is 47.8 Å². The van der Waals surface area contributed by atoms with Crippen molar-refractivity contribution >= 4 is 22.5 Å². The van der Waals surface area contributed by atoms with Gasteiger partial charge in [0, 0.05) is 12.7 Å². The number of halogens is 1. The fraction of sp³-hybridized carbons (Fsp3) is 0.300. The van der Waals surface area contributed by atoms with Gasteiger partial charge < -0.3 is 0 Å². The molecule has 2 aromatic rings. The van der Waals surface area contributed by atoms with Crippen molar-refractivity contribution in [1.82, 2.24) is 14.5 Å². The van der Waals surface area contributed by atoms with Crippen LogP contribution in [0.4, 0.5) is 0 Å². The van der Waals surface area contributed by atoms with E-state index in [0.29, 0.717) is 17.4 Å². The zero-order valence-corrected chi connectivity index (χ0v) is 9.25. The maximum absolute atomic E-state index is 12.0. The molecule has 0 radical (unpaired) electrons. The highest BCUT2D eigenvalue weighted by Crippen LogP contribution is 2.18. The van der Waals surface area contributed by atoms with E-state index >= 15 is 0 Å². The van der Waals surface area contributed by atoms with Crippen LogP contribution in [0.3, 0.4) is 0 Å². The predicted octanol–water partition coefficient (Wildman–Crippen LogP) is 1.77. The largest absolute Gasteiger partial charge is 0.299 e. The lowest BCUT2D eigenvalue weighted by molar-refractivity contribution is 0.717. The molecule has 0 spiro atoms. The third-order valence-electron chi connectivity index (χ3n) is 2.34. The highest BCUT2D eigenvalue weighted by molar-refractivity contribution is 6.33. The van der Waals surface area contributed by atoms with Gasteiger partial charge in [-0.05, 0) is 19.4 Å². The van der Waals surface area contributed by atoms with Crippen LogP contribution >= 0.6 is 11.6 Å². The summed E-state index contributed by atoms with van der Waals surface area (Å²) in [6.45, 7) is 4.32. The molecule has 0 aliphatic rings. The van der Waals surface area contributed by atoms with Crippen molar-refractivity contribution < 1.29 is 0 Å². The first-order valence-corrected chi connectivity index (χ1v) is 5.03. The second kappa shape index (κ2) is 3.62. The van der Waals surface area contributed by atoms with Crippen LogP contribution in [-0.4, -0.2) is 14.5 Å². The van der Waals surface area contributed by atoms with Crippen molar-refractivity contribution in [2.24, 2.45) is 0 Å². The van der Waals surface area contributed by atoms with Gasteiger partial charge in [0.05, 0.1) is 11.7 Å². The number of nitrogens with zero attached hydrogens (tertiary/aromatic N) is 3. The Labute approximate surface area is 91.5 Å². The fourth-order valence-electron chi connectivity index (χ4n) is 1.51. The predicted molar refractivity (Wildman–Crippen MR) is 59.2 cm³/mol. The standard InChI is InChI=1S/C10H10ClN3O/c1-3-14-5-13-8-7(10(14)15)6(2)4-12-9(8)11/h4-5H,3H2,1-2H3. The number of rotatable bonds is 1. The zero-order valence-electron chi connectivity index (χ0n) is 8.49. The van der Waals surface area contributed by atoms with E-state index in [9.17, 15) is 4.79 Å². The number of fused-ring (bicyclic) bond motifs is 1. The Morgan fingerprint density at radius 2 is 2.20 bits per heavy atom. The molecule has 0 bridgehead atoms. The summed E-state index contributed by atoms with van der Waals surface area (Å²) in [5, 5.41) is 0.829. The van der Waals surface area contributed by atoms with Crippen LogP contribution < -0.4 is 5.56 Å². The van der Waals surface area contributed by atoms with Crippen LogP contribution in [0.1, 0.15) is 12.5 Å². The monoisotopic (exact) mass is 223 g/mol. The summed E-state index contributed by atoms with van der Waals surface area (Å²) in [5.41, 5.74) is 1.21. The number of hydrogen-bond donors (Lipinski definition) is 0. The molecule has 2 heterocycles.